The number of hydrogen-bond donors (Lipinski definition) is 1. The van der Waals surface area contributed by atoms with Gasteiger partial charge in [0, 0.05) is 40.9 Å². The van der Waals surface area contributed by atoms with E-state index in [2.05, 4.69) is 18.4 Å². The normalized spacial score (nSPS) is 23.6. The number of fused-ring (bicyclic) bond motifs is 1. The Morgan fingerprint density at radius 3 is 2.64 bits per heavy atom. The summed E-state index contributed by atoms with van der Waals surface area (Å²) in [5.74, 6) is 1.64. The first-order valence-corrected chi connectivity index (χ1v) is 12.8. The predicted octanol–water partition coefficient (Wildman–Crippen LogP) is 6.64. The molecular formula is C30H31ClFNO3. The number of ether oxygens (including phenoxy) is 2. The number of hydrogen-bond acceptors (Lipinski definition) is 4. The molecule has 188 valence electrons. The fraction of sp³-hybridized carbons (Fsp3) is 0.333. The highest BCUT2D eigenvalue weighted by Crippen LogP contribution is 2.47. The molecule has 1 saturated heterocycles. The summed E-state index contributed by atoms with van der Waals surface area (Å²) in [5, 5.41) is 10.9. The van der Waals surface area contributed by atoms with Crippen molar-refractivity contribution in [1.29, 1.82) is 0 Å². The van der Waals surface area contributed by atoms with E-state index in [0.717, 1.165) is 58.0 Å². The zero-order valence-corrected chi connectivity index (χ0v) is 21.2. The van der Waals surface area contributed by atoms with Gasteiger partial charge in [0.1, 0.15) is 24.2 Å². The summed E-state index contributed by atoms with van der Waals surface area (Å²) in [5.41, 5.74) is 5.96. The Morgan fingerprint density at radius 1 is 1.19 bits per heavy atom. The first-order valence-electron chi connectivity index (χ1n) is 12.4. The first-order chi connectivity index (χ1) is 17.4. The molecule has 36 heavy (non-hydrogen) atoms. The minimum absolute atomic E-state index is 0.0979. The number of likely N-dealkylation sites (tertiary alicyclic amines) is 1. The molecule has 0 saturated carbocycles. The number of aliphatic hydroxyl groups is 1. The van der Waals surface area contributed by atoms with Crippen LogP contribution in [0.15, 0.2) is 89.9 Å². The molecule has 2 heterocycles. The Labute approximate surface area is 217 Å². The van der Waals surface area contributed by atoms with Crippen LogP contribution in [-0.4, -0.2) is 42.5 Å². The molecule has 2 aromatic rings. The maximum Gasteiger partial charge on any atom is 0.150 e. The monoisotopic (exact) mass is 507 g/mol. The lowest BCUT2D eigenvalue weighted by Crippen LogP contribution is -2.23. The first kappa shape index (κ1) is 24.7. The van der Waals surface area contributed by atoms with E-state index in [1.54, 1.807) is 0 Å². The van der Waals surface area contributed by atoms with Crippen molar-refractivity contribution in [1.82, 2.24) is 4.90 Å². The van der Waals surface area contributed by atoms with E-state index in [4.69, 9.17) is 21.1 Å². The Kier molecular flexibility index (Phi) is 7.22. The largest absolute Gasteiger partial charge is 0.487 e. The summed E-state index contributed by atoms with van der Waals surface area (Å²) in [6.45, 7) is 7.83. The lowest BCUT2D eigenvalue weighted by molar-refractivity contribution is 0.155. The van der Waals surface area contributed by atoms with Crippen LogP contribution >= 0.6 is 11.6 Å². The van der Waals surface area contributed by atoms with Gasteiger partial charge in [0.15, 0.2) is 0 Å². The van der Waals surface area contributed by atoms with E-state index in [9.17, 15) is 9.50 Å². The number of halogens is 2. The third-order valence-electron chi connectivity index (χ3n) is 7.18. The molecule has 2 aliphatic heterocycles. The average molecular weight is 508 g/mol. The minimum Gasteiger partial charge on any atom is -0.487 e. The molecule has 0 spiro atoms. The van der Waals surface area contributed by atoms with Gasteiger partial charge in [-0.2, -0.15) is 0 Å². The zero-order chi connectivity index (χ0) is 25.2. The van der Waals surface area contributed by atoms with Crippen molar-refractivity contribution >= 4 is 17.2 Å². The van der Waals surface area contributed by atoms with Crippen LogP contribution in [-0.2, 0) is 4.74 Å². The third-order valence-corrected chi connectivity index (χ3v) is 7.43. The molecule has 6 heteroatoms. The van der Waals surface area contributed by atoms with E-state index in [0.29, 0.717) is 24.6 Å². The van der Waals surface area contributed by atoms with Crippen molar-refractivity contribution in [2.75, 3.05) is 26.4 Å². The predicted molar refractivity (Wildman–Crippen MR) is 141 cm³/mol. The van der Waals surface area contributed by atoms with Crippen molar-refractivity contribution < 1.29 is 19.0 Å². The maximum absolute atomic E-state index is 12.9. The summed E-state index contributed by atoms with van der Waals surface area (Å²) in [7, 11) is 0. The SMILES string of the molecule is C=C(COc1ccc(C2OC3=CCC(O)C=C3C(C)=C2c2ccc(Cl)cc2)cc1)N1CC[C@@H](CF)C1. The van der Waals surface area contributed by atoms with Gasteiger partial charge in [-0.15, -0.1) is 0 Å². The highest BCUT2D eigenvalue weighted by Gasteiger charge is 2.32. The standard InChI is InChI=1S/C30H31ClFNO3/c1-19(33-14-13-21(16-32)17-33)18-35-26-10-5-23(6-11-26)30-29(22-3-7-24(31)8-4-22)20(2)27-15-25(34)9-12-28(27)36-30/h3-8,10-12,15,21,25,30,34H,1,9,13-14,16-18H2,2H3/t21-,25?,30?/m0/s1. The van der Waals surface area contributed by atoms with Crippen LogP contribution in [0.2, 0.25) is 5.02 Å². The smallest absolute Gasteiger partial charge is 0.150 e. The Hall–Kier alpha value is -3.02. The van der Waals surface area contributed by atoms with Crippen LogP contribution in [0.4, 0.5) is 4.39 Å². The lowest BCUT2D eigenvalue weighted by Gasteiger charge is -2.34. The molecule has 2 unspecified atom stereocenters. The summed E-state index contributed by atoms with van der Waals surface area (Å²) in [6, 6.07) is 15.7. The molecule has 0 amide bonds. The van der Waals surface area contributed by atoms with Crippen molar-refractivity contribution in [2.24, 2.45) is 5.92 Å². The molecule has 0 aromatic heterocycles. The van der Waals surface area contributed by atoms with E-state index in [-0.39, 0.29) is 18.7 Å². The highest BCUT2D eigenvalue weighted by molar-refractivity contribution is 6.30. The van der Waals surface area contributed by atoms with Gasteiger partial charge in [-0.3, -0.25) is 4.39 Å². The molecule has 0 radical (unpaired) electrons. The van der Waals surface area contributed by atoms with E-state index < -0.39 is 6.10 Å². The van der Waals surface area contributed by atoms with E-state index in [1.807, 2.05) is 60.7 Å². The minimum atomic E-state index is -0.514. The quantitative estimate of drug-likeness (QED) is 0.456. The van der Waals surface area contributed by atoms with Crippen molar-refractivity contribution in [3.63, 3.8) is 0 Å². The van der Waals surface area contributed by atoms with Gasteiger partial charge >= 0.3 is 0 Å². The third kappa shape index (κ3) is 5.09. The lowest BCUT2D eigenvalue weighted by atomic mass is 9.83. The van der Waals surface area contributed by atoms with Crippen LogP contribution in [0, 0.1) is 5.92 Å². The number of aliphatic hydroxyl groups excluding tert-OH is 1. The number of benzene rings is 2. The van der Waals surface area contributed by atoms with E-state index >= 15 is 0 Å². The molecule has 3 aliphatic rings. The summed E-state index contributed by atoms with van der Waals surface area (Å²) in [6.07, 6.45) is 4.41. The molecule has 5 rings (SSSR count). The number of alkyl halides is 1. The van der Waals surface area contributed by atoms with Gasteiger partial charge in [0.05, 0.1) is 12.8 Å². The molecule has 1 fully saturated rings. The molecule has 4 nitrogen and oxygen atoms in total. The van der Waals surface area contributed by atoms with Gasteiger partial charge in [0.25, 0.3) is 0 Å². The number of rotatable bonds is 7. The molecule has 1 N–H and O–H groups in total. The highest BCUT2D eigenvalue weighted by atomic mass is 35.5. The number of nitrogens with zero attached hydrogens (tertiary/aromatic N) is 1. The topological polar surface area (TPSA) is 41.9 Å². The Bertz CT molecular complexity index is 1220. The molecule has 3 atom stereocenters. The second kappa shape index (κ2) is 10.5. The van der Waals surface area contributed by atoms with Crippen LogP contribution in [0.25, 0.3) is 5.57 Å². The van der Waals surface area contributed by atoms with E-state index in [1.165, 1.54) is 0 Å². The van der Waals surface area contributed by atoms with Gasteiger partial charge in [-0.1, -0.05) is 42.4 Å². The van der Waals surface area contributed by atoms with Gasteiger partial charge < -0.3 is 19.5 Å². The van der Waals surface area contributed by atoms with Crippen molar-refractivity contribution in [2.45, 2.75) is 32.0 Å². The van der Waals surface area contributed by atoms with Crippen LogP contribution in [0.5, 0.6) is 5.75 Å². The summed E-state index contributed by atoms with van der Waals surface area (Å²) < 4.78 is 25.4. The molecular weight excluding hydrogens is 477 g/mol. The Morgan fingerprint density at radius 2 is 1.94 bits per heavy atom. The van der Waals surface area contributed by atoms with Crippen LogP contribution < -0.4 is 4.74 Å². The fourth-order valence-corrected chi connectivity index (χ4v) is 5.23. The molecule has 2 aromatic carbocycles. The molecule has 1 aliphatic carbocycles. The van der Waals surface area contributed by atoms with Crippen molar-refractivity contribution in [3.05, 3.63) is 106 Å². The maximum atomic E-state index is 12.9. The summed E-state index contributed by atoms with van der Waals surface area (Å²) >= 11 is 6.15. The van der Waals surface area contributed by atoms with Gasteiger partial charge in [0.2, 0.25) is 0 Å². The van der Waals surface area contributed by atoms with Crippen molar-refractivity contribution in [3.8, 4) is 5.75 Å². The molecule has 0 bridgehead atoms. The fourth-order valence-electron chi connectivity index (χ4n) is 5.10. The van der Waals surface area contributed by atoms with Gasteiger partial charge in [-0.25, -0.2) is 0 Å². The van der Waals surface area contributed by atoms with Crippen LogP contribution in [0.1, 0.15) is 37.0 Å². The second-order valence-corrected chi connectivity index (χ2v) is 10.1. The summed E-state index contributed by atoms with van der Waals surface area (Å²) in [4.78, 5) is 2.11. The van der Waals surface area contributed by atoms with Gasteiger partial charge in [-0.05, 0) is 72.9 Å². The van der Waals surface area contributed by atoms with Crippen LogP contribution in [0.3, 0.4) is 0 Å². The second-order valence-electron chi connectivity index (χ2n) is 9.67. The number of allylic oxidation sites excluding steroid dienone is 1. The zero-order valence-electron chi connectivity index (χ0n) is 20.4. The Balaban J connectivity index is 1.37. The average Bonchev–Trinajstić information content (AvgIpc) is 3.38.